The van der Waals surface area contributed by atoms with Crippen LogP contribution in [0.1, 0.15) is 19.3 Å². The lowest BCUT2D eigenvalue weighted by Crippen LogP contribution is -2.61. The molecule has 0 spiro atoms. The molecule has 1 saturated carbocycles. The highest BCUT2D eigenvalue weighted by Crippen LogP contribution is 2.29. The van der Waals surface area contributed by atoms with E-state index >= 15 is 0 Å². The second-order valence-corrected chi connectivity index (χ2v) is 3.29. The third-order valence-electron chi connectivity index (χ3n) is 2.56. The zero-order valence-corrected chi connectivity index (χ0v) is 5.84. The van der Waals surface area contributed by atoms with Gasteiger partial charge >= 0.3 is 0 Å². The van der Waals surface area contributed by atoms with Crippen LogP contribution in [0.2, 0.25) is 0 Å². The van der Waals surface area contributed by atoms with Crippen LogP contribution in [0, 0.1) is 5.92 Å². The molecular weight excluding hydrogens is 128 g/mol. The summed E-state index contributed by atoms with van der Waals surface area (Å²) in [6.45, 7) is 0. The number of rotatable bonds is 0. The van der Waals surface area contributed by atoms with Crippen molar-refractivity contribution < 1.29 is 4.79 Å². The molecule has 0 aromatic heterocycles. The maximum Gasteiger partial charge on any atom is 0.225 e. The maximum atomic E-state index is 10.8. The van der Waals surface area contributed by atoms with E-state index in [9.17, 15) is 4.79 Å². The summed E-state index contributed by atoms with van der Waals surface area (Å²) in [5, 5.41) is 2.87. The van der Waals surface area contributed by atoms with E-state index in [1.807, 2.05) is 0 Å². The summed E-state index contributed by atoms with van der Waals surface area (Å²) in [6.07, 6.45) is 3.05. The monoisotopic (exact) mass is 140 g/mol. The van der Waals surface area contributed by atoms with Crippen molar-refractivity contribution in [3.05, 3.63) is 0 Å². The lowest BCUT2D eigenvalue weighted by atomic mass is 9.76. The molecule has 1 aliphatic heterocycles. The summed E-state index contributed by atoms with van der Waals surface area (Å²) in [6, 6.07) is 0.736. The molecule has 56 valence electrons. The van der Waals surface area contributed by atoms with Gasteiger partial charge in [-0.3, -0.25) is 4.79 Å². The Hall–Kier alpha value is -0.570. The zero-order valence-electron chi connectivity index (χ0n) is 5.84. The fraction of sp³-hybridized carbons (Fsp3) is 0.857. The van der Waals surface area contributed by atoms with E-state index in [1.165, 1.54) is 0 Å². The second-order valence-electron chi connectivity index (χ2n) is 3.29. The van der Waals surface area contributed by atoms with Gasteiger partial charge in [0.25, 0.3) is 0 Å². The van der Waals surface area contributed by atoms with Gasteiger partial charge in [-0.25, -0.2) is 0 Å². The number of hydrogen-bond donors (Lipinski definition) is 2. The first-order valence-electron chi connectivity index (χ1n) is 3.83. The fourth-order valence-electron chi connectivity index (χ4n) is 1.86. The summed E-state index contributed by atoms with van der Waals surface area (Å²) in [7, 11) is 0. The molecule has 3 N–H and O–H groups in total. The fourth-order valence-corrected chi connectivity index (χ4v) is 1.86. The Morgan fingerprint density at radius 3 is 2.90 bits per heavy atom. The Balaban J connectivity index is 2.00. The minimum absolute atomic E-state index is 0.208. The van der Waals surface area contributed by atoms with Crippen molar-refractivity contribution in [3.63, 3.8) is 0 Å². The largest absolute Gasteiger partial charge is 0.352 e. The molecule has 3 heteroatoms. The highest BCUT2D eigenvalue weighted by atomic mass is 16.2. The van der Waals surface area contributed by atoms with Gasteiger partial charge in [-0.2, -0.15) is 0 Å². The topological polar surface area (TPSA) is 55.1 Å². The Labute approximate surface area is 60.0 Å². The van der Waals surface area contributed by atoms with Gasteiger partial charge in [-0.15, -0.1) is 0 Å². The molecule has 0 radical (unpaired) electrons. The van der Waals surface area contributed by atoms with Crippen LogP contribution in [0.15, 0.2) is 0 Å². The van der Waals surface area contributed by atoms with Crippen LogP contribution in [-0.4, -0.2) is 18.0 Å². The van der Waals surface area contributed by atoms with Gasteiger partial charge in [-0.1, -0.05) is 0 Å². The molecule has 1 saturated heterocycles. The standard InChI is InChI=1S/C7H12N2O/c8-4-1-2-6-5(3-4)7(10)9-6/h4-6H,1-3,8H2,(H,9,10). The number of nitrogens with two attached hydrogens (primary N) is 1. The van der Waals surface area contributed by atoms with Gasteiger partial charge in [0.05, 0.1) is 5.92 Å². The number of carbonyl (C=O) groups excluding carboxylic acids is 1. The highest BCUT2D eigenvalue weighted by molar-refractivity contribution is 5.86. The summed E-state index contributed by atoms with van der Waals surface area (Å²) in [5.74, 6) is 0.462. The number of hydrogen-bond acceptors (Lipinski definition) is 2. The van der Waals surface area contributed by atoms with Gasteiger partial charge in [0.2, 0.25) is 5.91 Å². The first-order chi connectivity index (χ1) is 4.77. The number of carbonyl (C=O) groups is 1. The molecule has 3 unspecified atom stereocenters. The molecule has 3 atom stereocenters. The van der Waals surface area contributed by atoms with Crippen molar-refractivity contribution in [2.45, 2.75) is 31.3 Å². The van der Waals surface area contributed by atoms with Gasteiger partial charge in [0, 0.05) is 12.1 Å². The average molecular weight is 140 g/mol. The van der Waals surface area contributed by atoms with E-state index in [0.717, 1.165) is 19.3 Å². The maximum absolute atomic E-state index is 10.8. The molecule has 0 aromatic carbocycles. The molecule has 2 aliphatic rings. The number of amides is 1. The van der Waals surface area contributed by atoms with Crippen LogP contribution < -0.4 is 11.1 Å². The molecule has 3 nitrogen and oxygen atoms in total. The first-order valence-corrected chi connectivity index (χ1v) is 3.83. The van der Waals surface area contributed by atoms with Crippen LogP contribution in [0.5, 0.6) is 0 Å². The number of β-lactam (4-membered cyclic amide) rings is 1. The SMILES string of the molecule is NC1CCC2NC(=O)C2C1. The summed E-state index contributed by atoms with van der Waals surface area (Å²) >= 11 is 0. The Morgan fingerprint density at radius 1 is 1.50 bits per heavy atom. The predicted octanol–water partition coefficient (Wildman–Crippen LogP) is -0.388. The van der Waals surface area contributed by atoms with E-state index in [4.69, 9.17) is 5.73 Å². The summed E-state index contributed by atoms with van der Waals surface area (Å²) in [4.78, 5) is 10.8. The van der Waals surface area contributed by atoms with Crippen LogP contribution in [0.4, 0.5) is 0 Å². The van der Waals surface area contributed by atoms with Crippen molar-refractivity contribution in [1.82, 2.24) is 5.32 Å². The van der Waals surface area contributed by atoms with Gasteiger partial charge < -0.3 is 11.1 Å². The van der Waals surface area contributed by atoms with Gasteiger partial charge in [-0.05, 0) is 19.3 Å². The minimum atomic E-state index is 0.208. The summed E-state index contributed by atoms with van der Waals surface area (Å²) < 4.78 is 0. The average Bonchev–Trinajstić information content (AvgIpc) is 1.92. The molecule has 0 aromatic rings. The second kappa shape index (κ2) is 1.95. The normalized spacial score (nSPS) is 45.3. The van der Waals surface area contributed by atoms with Crippen molar-refractivity contribution in [3.8, 4) is 0 Å². The molecule has 1 amide bonds. The molecule has 2 rings (SSSR count). The van der Waals surface area contributed by atoms with Crippen LogP contribution >= 0.6 is 0 Å². The molecular formula is C7H12N2O. The Bertz CT molecular complexity index is 169. The van der Waals surface area contributed by atoms with Crippen molar-refractivity contribution in [2.24, 2.45) is 11.7 Å². The molecule has 2 fully saturated rings. The van der Waals surface area contributed by atoms with Crippen molar-refractivity contribution in [2.75, 3.05) is 0 Å². The van der Waals surface area contributed by atoms with E-state index in [1.54, 1.807) is 0 Å². The van der Waals surface area contributed by atoms with Gasteiger partial charge in [0.1, 0.15) is 0 Å². The van der Waals surface area contributed by atoms with Crippen LogP contribution in [0.25, 0.3) is 0 Å². The predicted molar refractivity (Wildman–Crippen MR) is 37.2 cm³/mol. The zero-order chi connectivity index (χ0) is 7.14. The van der Waals surface area contributed by atoms with E-state index in [-0.39, 0.29) is 17.9 Å². The molecule has 10 heavy (non-hydrogen) atoms. The van der Waals surface area contributed by atoms with Crippen LogP contribution in [0.3, 0.4) is 0 Å². The number of fused-ring (bicyclic) bond motifs is 1. The van der Waals surface area contributed by atoms with E-state index < -0.39 is 0 Å². The van der Waals surface area contributed by atoms with E-state index in [2.05, 4.69) is 5.32 Å². The number of nitrogens with one attached hydrogen (secondary N) is 1. The first kappa shape index (κ1) is 6.16. The van der Waals surface area contributed by atoms with Crippen LogP contribution in [-0.2, 0) is 4.79 Å². The third kappa shape index (κ3) is 0.736. The van der Waals surface area contributed by atoms with Gasteiger partial charge in [0.15, 0.2) is 0 Å². The smallest absolute Gasteiger partial charge is 0.225 e. The van der Waals surface area contributed by atoms with E-state index in [0.29, 0.717) is 6.04 Å². The molecule has 1 heterocycles. The molecule has 1 aliphatic carbocycles. The highest BCUT2D eigenvalue weighted by Gasteiger charge is 2.42. The molecule has 0 bridgehead atoms. The van der Waals surface area contributed by atoms with Crippen molar-refractivity contribution in [1.29, 1.82) is 0 Å². The Morgan fingerprint density at radius 2 is 2.30 bits per heavy atom. The third-order valence-corrected chi connectivity index (χ3v) is 2.56. The van der Waals surface area contributed by atoms with Crippen molar-refractivity contribution >= 4 is 5.91 Å². The lowest BCUT2D eigenvalue weighted by Gasteiger charge is -2.42. The minimum Gasteiger partial charge on any atom is -0.352 e. The quantitative estimate of drug-likeness (QED) is 0.450. The lowest BCUT2D eigenvalue weighted by molar-refractivity contribution is -0.137. The Kier molecular flexibility index (Phi) is 1.20. The summed E-state index contributed by atoms with van der Waals surface area (Å²) in [5.41, 5.74) is 5.70.